The van der Waals surface area contributed by atoms with Crippen LogP contribution in [0.5, 0.6) is 11.5 Å². The van der Waals surface area contributed by atoms with Crippen molar-refractivity contribution in [1.29, 1.82) is 0 Å². The Morgan fingerprint density at radius 1 is 1.13 bits per heavy atom. The SMILES string of the molecule is CC(C)Oc1cc(C2CCCCC2)nc2c(Cl)c(OCCN3CCOCC3)ccc12. The highest BCUT2D eigenvalue weighted by Gasteiger charge is 2.21. The van der Waals surface area contributed by atoms with Crippen LogP contribution in [0.2, 0.25) is 5.02 Å². The van der Waals surface area contributed by atoms with Crippen molar-refractivity contribution in [3.8, 4) is 11.5 Å². The van der Waals surface area contributed by atoms with Crippen LogP contribution in [0.25, 0.3) is 10.9 Å². The zero-order chi connectivity index (χ0) is 20.9. The monoisotopic (exact) mass is 432 g/mol. The van der Waals surface area contributed by atoms with E-state index in [2.05, 4.69) is 24.8 Å². The Morgan fingerprint density at radius 3 is 2.63 bits per heavy atom. The number of halogens is 1. The summed E-state index contributed by atoms with van der Waals surface area (Å²) in [5, 5.41) is 1.54. The molecule has 1 saturated heterocycles. The number of aromatic nitrogens is 1. The molecule has 0 N–H and O–H groups in total. The number of benzene rings is 1. The highest BCUT2D eigenvalue weighted by atomic mass is 35.5. The van der Waals surface area contributed by atoms with Gasteiger partial charge in [-0.15, -0.1) is 0 Å². The minimum absolute atomic E-state index is 0.0954. The van der Waals surface area contributed by atoms with Crippen LogP contribution in [0.4, 0.5) is 0 Å². The molecule has 0 atom stereocenters. The van der Waals surface area contributed by atoms with Crippen molar-refractivity contribution in [1.82, 2.24) is 9.88 Å². The normalized spacial score (nSPS) is 18.8. The van der Waals surface area contributed by atoms with Crippen molar-refractivity contribution >= 4 is 22.5 Å². The van der Waals surface area contributed by atoms with Crippen LogP contribution in [-0.2, 0) is 4.74 Å². The average Bonchev–Trinajstić information content (AvgIpc) is 2.76. The molecule has 0 bridgehead atoms. The van der Waals surface area contributed by atoms with Crippen LogP contribution in [-0.4, -0.2) is 55.4 Å². The molecule has 0 amide bonds. The zero-order valence-corrected chi connectivity index (χ0v) is 18.9. The van der Waals surface area contributed by atoms with Crippen LogP contribution in [0.3, 0.4) is 0 Å². The second kappa shape index (κ2) is 10.2. The lowest BCUT2D eigenvalue weighted by atomic mass is 9.86. The van der Waals surface area contributed by atoms with Gasteiger partial charge in [0.25, 0.3) is 0 Å². The van der Waals surface area contributed by atoms with Gasteiger partial charge in [0.05, 0.1) is 24.8 Å². The third kappa shape index (κ3) is 5.19. The second-order valence-electron chi connectivity index (χ2n) is 8.62. The van der Waals surface area contributed by atoms with E-state index in [1.54, 1.807) is 0 Å². The number of hydrogen-bond acceptors (Lipinski definition) is 5. The number of hydrogen-bond donors (Lipinski definition) is 0. The number of rotatable bonds is 7. The summed E-state index contributed by atoms with van der Waals surface area (Å²) < 4.78 is 17.6. The predicted molar refractivity (Wildman–Crippen MR) is 121 cm³/mol. The van der Waals surface area contributed by atoms with Crippen LogP contribution >= 0.6 is 11.6 Å². The Hall–Kier alpha value is -1.56. The number of ether oxygens (including phenoxy) is 3. The van der Waals surface area contributed by atoms with Crippen molar-refractivity contribution in [2.75, 3.05) is 39.5 Å². The van der Waals surface area contributed by atoms with Gasteiger partial charge in [0.2, 0.25) is 0 Å². The molecule has 0 radical (unpaired) electrons. The fraction of sp³-hybridized carbons (Fsp3) is 0.625. The van der Waals surface area contributed by atoms with Gasteiger partial charge in [0.1, 0.15) is 23.1 Å². The minimum atomic E-state index is 0.0954. The third-order valence-corrected chi connectivity index (χ3v) is 6.39. The summed E-state index contributed by atoms with van der Waals surface area (Å²) in [5.74, 6) is 2.05. The fourth-order valence-electron chi connectivity index (χ4n) is 4.41. The lowest BCUT2D eigenvalue weighted by Crippen LogP contribution is -2.38. The van der Waals surface area contributed by atoms with Crippen LogP contribution in [0, 0.1) is 0 Å². The lowest BCUT2D eigenvalue weighted by Gasteiger charge is -2.26. The predicted octanol–water partition coefficient (Wildman–Crippen LogP) is 5.43. The van der Waals surface area contributed by atoms with E-state index in [0.717, 1.165) is 55.2 Å². The fourth-order valence-corrected chi connectivity index (χ4v) is 4.67. The molecule has 1 aliphatic carbocycles. The number of fused-ring (bicyclic) bond motifs is 1. The smallest absolute Gasteiger partial charge is 0.140 e. The molecule has 2 fully saturated rings. The van der Waals surface area contributed by atoms with Crippen LogP contribution in [0.1, 0.15) is 57.6 Å². The molecular formula is C24H33ClN2O3. The van der Waals surface area contributed by atoms with Crippen LogP contribution < -0.4 is 9.47 Å². The van der Waals surface area contributed by atoms with Crippen LogP contribution in [0.15, 0.2) is 18.2 Å². The summed E-state index contributed by atoms with van der Waals surface area (Å²) in [6, 6.07) is 6.10. The molecule has 1 aromatic heterocycles. The average molecular weight is 433 g/mol. The Labute approximate surface area is 184 Å². The van der Waals surface area contributed by atoms with Gasteiger partial charge in [-0.1, -0.05) is 30.9 Å². The Kier molecular flexibility index (Phi) is 7.34. The van der Waals surface area contributed by atoms with E-state index in [-0.39, 0.29) is 6.10 Å². The Balaban J connectivity index is 1.59. The summed E-state index contributed by atoms with van der Waals surface area (Å²) in [6.45, 7) is 9.08. The van der Waals surface area contributed by atoms with E-state index in [4.69, 9.17) is 30.8 Å². The quantitative estimate of drug-likeness (QED) is 0.583. The first-order chi connectivity index (χ1) is 14.6. The van der Waals surface area contributed by atoms with E-state index < -0.39 is 0 Å². The highest BCUT2D eigenvalue weighted by Crippen LogP contribution is 2.40. The molecule has 5 nitrogen and oxygen atoms in total. The molecular weight excluding hydrogens is 400 g/mol. The van der Waals surface area contributed by atoms with Crippen molar-refractivity contribution in [2.24, 2.45) is 0 Å². The number of morpholine rings is 1. The van der Waals surface area contributed by atoms with Crippen molar-refractivity contribution in [3.63, 3.8) is 0 Å². The molecule has 1 saturated carbocycles. The van der Waals surface area contributed by atoms with Gasteiger partial charge in [0, 0.05) is 42.7 Å². The van der Waals surface area contributed by atoms with E-state index in [1.807, 2.05) is 12.1 Å². The molecule has 2 aromatic rings. The second-order valence-corrected chi connectivity index (χ2v) is 9.00. The van der Waals surface area contributed by atoms with Gasteiger partial charge >= 0.3 is 0 Å². The number of nitrogens with zero attached hydrogens (tertiary/aromatic N) is 2. The largest absolute Gasteiger partial charge is 0.491 e. The van der Waals surface area contributed by atoms with E-state index in [1.165, 1.54) is 32.1 Å². The minimum Gasteiger partial charge on any atom is -0.491 e. The van der Waals surface area contributed by atoms with Gasteiger partial charge in [-0.3, -0.25) is 9.88 Å². The Morgan fingerprint density at radius 2 is 1.90 bits per heavy atom. The summed E-state index contributed by atoms with van der Waals surface area (Å²) in [7, 11) is 0. The first-order valence-electron chi connectivity index (χ1n) is 11.3. The summed E-state index contributed by atoms with van der Waals surface area (Å²) >= 11 is 6.81. The molecule has 4 rings (SSSR count). The van der Waals surface area contributed by atoms with Gasteiger partial charge in [-0.25, -0.2) is 0 Å². The molecule has 1 aliphatic heterocycles. The molecule has 164 valence electrons. The third-order valence-electron chi connectivity index (χ3n) is 6.02. The molecule has 30 heavy (non-hydrogen) atoms. The standard InChI is InChI=1S/C24H33ClN2O3/c1-17(2)30-22-16-20(18-6-4-3-5-7-18)26-24-19(22)8-9-21(23(24)25)29-15-12-27-10-13-28-14-11-27/h8-9,16-18H,3-7,10-15H2,1-2H3. The van der Waals surface area contributed by atoms with Gasteiger partial charge in [-0.05, 0) is 38.8 Å². The summed E-state index contributed by atoms with van der Waals surface area (Å²) in [4.78, 5) is 7.36. The number of pyridine rings is 1. The maximum atomic E-state index is 6.81. The first kappa shape index (κ1) is 21.7. The van der Waals surface area contributed by atoms with Crippen molar-refractivity contribution in [2.45, 2.75) is 58.0 Å². The first-order valence-corrected chi connectivity index (χ1v) is 11.7. The Bertz CT molecular complexity index is 846. The van der Waals surface area contributed by atoms with Gasteiger partial charge < -0.3 is 14.2 Å². The zero-order valence-electron chi connectivity index (χ0n) is 18.2. The molecule has 0 unspecified atom stereocenters. The van der Waals surface area contributed by atoms with Crippen molar-refractivity contribution in [3.05, 3.63) is 28.9 Å². The summed E-state index contributed by atoms with van der Waals surface area (Å²) in [5.41, 5.74) is 1.89. The van der Waals surface area contributed by atoms with Gasteiger partial charge in [0.15, 0.2) is 0 Å². The molecule has 0 spiro atoms. The highest BCUT2D eigenvalue weighted by molar-refractivity contribution is 6.36. The van der Waals surface area contributed by atoms with Crippen molar-refractivity contribution < 1.29 is 14.2 Å². The molecule has 2 aliphatic rings. The molecule has 1 aromatic carbocycles. The van der Waals surface area contributed by atoms with E-state index in [0.29, 0.717) is 23.3 Å². The molecule has 6 heteroatoms. The topological polar surface area (TPSA) is 43.8 Å². The maximum Gasteiger partial charge on any atom is 0.140 e. The van der Waals surface area contributed by atoms with Gasteiger partial charge in [-0.2, -0.15) is 0 Å². The molecule has 2 heterocycles. The van der Waals surface area contributed by atoms with E-state index >= 15 is 0 Å². The lowest BCUT2D eigenvalue weighted by molar-refractivity contribution is 0.0322. The van der Waals surface area contributed by atoms with E-state index in [9.17, 15) is 0 Å². The summed E-state index contributed by atoms with van der Waals surface area (Å²) in [6.07, 6.45) is 6.33. The maximum absolute atomic E-state index is 6.81.